The second kappa shape index (κ2) is 7.45. The van der Waals surface area contributed by atoms with Crippen molar-refractivity contribution in [3.63, 3.8) is 0 Å². The second-order valence-electron chi connectivity index (χ2n) is 6.27. The molecule has 0 aliphatic heterocycles. The molecule has 8 heteroatoms. The van der Waals surface area contributed by atoms with E-state index in [0.29, 0.717) is 18.5 Å². The molecule has 0 aliphatic rings. The van der Waals surface area contributed by atoms with Gasteiger partial charge < -0.3 is 9.88 Å². The minimum absolute atomic E-state index is 0.00510. The minimum atomic E-state index is -2.02. The third-order valence-electron chi connectivity index (χ3n) is 2.84. The van der Waals surface area contributed by atoms with Crippen molar-refractivity contribution in [2.45, 2.75) is 38.0 Å². The third-order valence-corrected chi connectivity index (χ3v) is 6.83. The van der Waals surface area contributed by atoms with Crippen LogP contribution in [0.3, 0.4) is 0 Å². The van der Waals surface area contributed by atoms with E-state index in [9.17, 15) is 9.36 Å². The van der Waals surface area contributed by atoms with Gasteiger partial charge >= 0.3 is 0 Å². The van der Waals surface area contributed by atoms with Crippen molar-refractivity contribution in [3.05, 3.63) is 11.9 Å². The predicted molar refractivity (Wildman–Crippen MR) is 88.1 cm³/mol. The number of hydrogen-bond donors (Lipinski definition) is 1. The van der Waals surface area contributed by atoms with E-state index in [1.54, 1.807) is 43.0 Å². The van der Waals surface area contributed by atoms with Crippen molar-refractivity contribution < 1.29 is 9.36 Å². The highest BCUT2D eigenvalue weighted by Gasteiger charge is 2.22. The molecule has 0 saturated carbocycles. The maximum Gasteiger partial charge on any atom is 0.220 e. The number of hydrogen-bond acceptors (Lipinski definition) is 5. The molecule has 0 unspecified atom stereocenters. The van der Waals surface area contributed by atoms with Crippen LogP contribution in [0.1, 0.15) is 32.4 Å². The van der Waals surface area contributed by atoms with Crippen LogP contribution in [0.15, 0.2) is 6.20 Å². The molecule has 1 aromatic heterocycles. The summed E-state index contributed by atoms with van der Waals surface area (Å²) in [6.07, 6.45) is 2.99. The van der Waals surface area contributed by atoms with E-state index >= 15 is 0 Å². The number of rotatable bonds is 8. The lowest BCUT2D eigenvalue weighted by molar-refractivity contribution is -0.121. The molecule has 1 rings (SSSR count). The molecule has 0 spiro atoms. The lowest BCUT2D eigenvalue weighted by Crippen LogP contribution is -2.26. The van der Waals surface area contributed by atoms with Gasteiger partial charge in [0.25, 0.3) is 0 Å². The molecule has 0 aliphatic carbocycles. The van der Waals surface area contributed by atoms with Crippen LogP contribution in [0.25, 0.3) is 0 Å². The van der Waals surface area contributed by atoms with Gasteiger partial charge in [-0.2, -0.15) is 0 Å². The van der Waals surface area contributed by atoms with Gasteiger partial charge in [-0.05, 0) is 19.8 Å². The Hall–Kier alpha value is -0.810. The van der Waals surface area contributed by atoms with E-state index < -0.39 is 7.14 Å². The lowest BCUT2D eigenvalue weighted by atomic mass is 10.1. The molecule has 21 heavy (non-hydrogen) atoms. The summed E-state index contributed by atoms with van der Waals surface area (Å²) in [4.78, 5) is 11.8. The summed E-state index contributed by atoms with van der Waals surface area (Å²) < 4.78 is 13.3. The van der Waals surface area contributed by atoms with Crippen LogP contribution >= 0.6 is 18.9 Å². The number of amides is 1. The van der Waals surface area contributed by atoms with E-state index in [2.05, 4.69) is 29.5 Å². The van der Waals surface area contributed by atoms with Gasteiger partial charge in [0, 0.05) is 29.9 Å². The number of aromatic nitrogens is 3. The number of aryl methyl sites for hydroxylation is 1. The van der Waals surface area contributed by atoms with Gasteiger partial charge in [0.1, 0.15) is 5.69 Å². The van der Waals surface area contributed by atoms with Gasteiger partial charge in [-0.15, -0.1) is 16.9 Å². The number of nitrogens with zero attached hydrogens (tertiary/aromatic N) is 3. The Morgan fingerprint density at radius 2 is 2.14 bits per heavy atom. The van der Waals surface area contributed by atoms with Crippen LogP contribution in [-0.2, 0) is 23.0 Å². The van der Waals surface area contributed by atoms with Crippen molar-refractivity contribution in [1.82, 2.24) is 20.3 Å². The van der Waals surface area contributed by atoms with Gasteiger partial charge in [-0.3, -0.25) is 9.48 Å². The molecule has 120 valence electrons. The molecular weight excluding hydrogens is 307 g/mol. The number of thioether (sulfide) groups is 1. The predicted octanol–water partition coefficient (Wildman–Crippen LogP) is 2.30. The molecule has 0 radical (unpaired) electrons. The standard InChI is InChI=1S/C13H25N4O2PS/c1-13(2,21-10-20(4,5)19)7-6-12(18)14-8-11-9-17(3)16-15-11/h9H,6-8,10H2,1-5H3,(H,14,18). The van der Waals surface area contributed by atoms with Crippen LogP contribution in [0, 0.1) is 0 Å². The lowest BCUT2D eigenvalue weighted by Gasteiger charge is -2.24. The fourth-order valence-corrected chi connectivity index (χ4v) is 4.46. The average Bonchev–Trinajstić information content (AvgIpc) is 2.77. The van der Waals surface area contributed by atoms with Crippen molar-refractivity contribution in [3.8, 4) is 0 Å². The summed E-state index contributed by atoms with van der Waals surface area (Å²) in [5, 5.41) is 10.6. The van der Waals surface area contributed by atoms with Gasteiger partial charge in [0.2, 0.25) is 5.91 Å². The Kier molecular flexibility index (Phi) is 6.47. The molecule has 0 fully saturated rings. The fourth-order valence-electron chi connectivity index (χ4n) is 1.57. The third kappa shape index (κ3) is 8.27. The SMILES string of the molecule is Cn1cc(CNC(=O)CCC(C)(C)SCP(C)(C)=O)nn1. The zero-order valence-electron chi connectivity index (χ0n) is 13.4. The summed E-state index contributed by atoms with van der Waals surface area (Å²) in [6.45, 7) is 8.17. The molecular formula is C13H25N4O2PS. The Morgan fingerprint density at radius 3 is 2.67 bits per heavy atom. The van der Waals surface area contributed by atoms with E-state index in [0.717, 1.165) is 12.1 Å². The molecule has 1 amide bonds. The fraction of sp³-hybridized carbons (Fsp3) is 0.769. The normalized spacial score (nSPS) is 12.4. The minimum Gasteiger partial charge on any atom is -0.350 e. The molecule has 1 N–H and O–H groups in total. The topological polar surface area (TPSA) is 76.9 Å². The highest BCUT2D eigenvalue weighted by molar-refractivity contribution is 8.06. The van der Waals surface area contributed by atoms with Crippen LogP contribution in [0.4, 0.5) is 0 Å². The van der Waals surface area contributed by atoms with E-state index in [1.165, 1.54) is 0 Å². The first-order valence-electron chi connectivity index (χ1n) is 6.87. The monoisotopic (exact) mass is 332 g/mol. The van der Waals surface area contributed by atoms with E-state index in [-0.39, 0.29) is 10.7 Å². The van der Waals surface area contributed by atoms with Crippen LogP contribution in [-0.4, -0.2) is 44.5 Å². The molecule has 0 saturated heterocycles. The molecule has 6 nitrogen and oxygen atoms in total. The van der Waals surface area contributed by atoms with Gasteiger partial charge in [0.15, 0.2) is 0 Å². The Balaban J connectivity index is 2.29. The van der Waals surface area contributed by atoms with Crippen molar-refractivity contribution in [1.29, 1.82) is 0 Å². The quantitative estimate of drug-likeness (QED) is 0.739. The maximum absolute atomic E-state index is 11.8. The second-order valence-corrected chi connectivity index (χ2v) is 11.8. The summed E-state index contributed by atoms with van der Waals surface area (Å²) in [7, 11) is -0.225. The summed E-state index contributed by atoms with van der Waals surface area (Å²) >= 11 is 1.68. The molecule has 0 aromatic carbocycles. The summed E-state index contributed by atoms with van der Waals surface area (Å²) in [5.41, 5.74) is 1.40. The van der Waals surface area contributed by atoms with Crippen molar-refractivity contribution >= 4 is 24.8 Å². The van der Waals surface area contributed by atoms with Crippen LogP contribution in [0.5, 0.6) is 0 Å². The van der Waals surface area contributed by atoms with Gasteiger partial charge in [-0.1, -0.05) is 19.1 Å². The molecule has 0 atom stereocenters. The van der Waals surface area contributed by atoms with E-state index in [1.807, 2.05) is 0 Å². The summed E-state index contributed by atoms with van der Waals surface area (Å²) in [5.74, 6) is 0.00510. The number of carbonyl (C=O) groups is 1. The number of carbonyl (C=O) groups excluding carboxylic acids is 1. The largest absolute Gasteiger partial charge is 0.350 e. The molecule has 0 bridgehead atoms. The Labute approximate surface area is 130 Å². The van der Waals surface area contributed by atoms with E-state index in [4.69, 9.17) is 0 Å². The maximum atomic E-state index is 11.8. The highest BCUT2D eigenvalue weighted by atomic mass is 32.2. The average molecular weight is 332 g/mol. The van der Waals surface area contributed by atoms with Gasteiger partial charge in [0.05, 0.1) is 13.7 Å². The first-order chi connectivity index (χ1) is 9.57. The smallest absolute Gasteiger partial charge is 0.220 e. The van der Waals surface area contributed by atoms with Crippen molar-refractivity contribution in [2.75, 3.05) is 18.8 Å². The first-order valence-corrected chi connectivity index (χ1v) is 10.6. The summed E-state index contributed by atoms with van der Waals surface area (Å²) in [6, 6.07) is 0. The van der Waals surface area contributed by atoms with Crippen LogP contribution < -0.4 is 5.32 Å². The van der Waals surface area contributed by atoms with Crippen molar-refractivity contribution in [2.24, 2.45) is 7.05 Å². The zero-order chi connectivity index (χ0) is 16.1. The van der Waals surface area contributed by atoms with Gasteiger partial charge in [-0.25, -0.2) is 0 Å². The Bertz CT molecular complexity index is 524. The first kappa shape index (κ1) is 18.2. The Morgan fingerprint density at radius 1 is 1.48 bits per heavy atom. The van der Waals surface area contributed by atoms with Crippen LogP contribution in [0.2, 0.25) is 0 Å². The zero-order valence-corrected chi connectivity index (χ0v) is 15.1. The number of nitrogens with one attached hydrogen (secondary N) is 1. The molecule has 1 heterocycles. The highest BCUT2D eigenvalue weighted by Crippen LogP contribution is 2.45. The molecule has 1 aromatic rings.